The Labute approximate surface area is 202 Å². The van der Waals surface area contributed by atoms with Crippen LogP contribution < -0.4 is 19.7 Å². The van der Waals surface area contributed by atoms with Crippen molar-refractivity contribution in [2.75, 3.05) is 32.2 Å². The zero-order valence-corrected chi connectivity index (χ0v) is 19.4. The maximum absolute atomic E-state index is 13.7. The second kappa shape index (κ2) is 9.13. The van der Waals surface area contributed by atoms with E-state index >= 15 is 0 Å². The van der Waals surface area contributed by atoms with E-state index in [1.165, 1.54) is 14.2 Å². The first-order valence-electron chi connectivity index (χ1n) is 11.3. The Bertz CT molecular complexity index is 1290. The van der Waals surface area contributed by atoms with E-state index < -0.39 is 6.17 Å². The topological polar surface area (TPSA) is 106 Å². The van der Waals surface area contributed by atoms with Gasteiger partial charge in [0.1, 0.15) is 6.17 Å². The van der Waals surface area contributed by atoms with E-state index in [0.29, 0.717) is 47.0 Å². The number of para-hydroxylation sites is 1. The molecule has 2 aliphatic heterocycles. The van der Waals surface area contributed by atoms with Gasteiger partial charge in [-0.15, -0.1) is 0 Å². The highest BCUT2D eigenvalue weighted by atomic mass is 16.5. The third-order valence-corrected chi connectivity index (χ3v) is 6.31. The summed E-state index contributed by atoms with van der Waals surface area (Å²) in [6.07, 6.45) is 4.60. The predicted molar refractivity (Wildman–Crippen MR) is 126 cm³/mol. The number of fused-ring (bicyclic) bond motifs is 5. The lowest BCUT2D eigenvalue weighted by Crippen LogP contribution is -2.49. The van der Waals surface area contributed by atoms with Gasteiger partial charge in [0.25, 0.3) is 11.8 Å². The third-order valence-electron chi connectivity index (χ3n) is 6.31. The summed E-state index contributed by atoms with van der Waals surface area (Å²) in [4.78, 5) is 46.9. The fourth-order valence-electron chi connectivity index (χ4n) is 4.70. The van der Waals surface area contributed by atoms with Gasteiger partial charge in [0.05, 0.1) is 37.4 Å². The second-order valence-corrected chi connectivity index (χ2v) is 8.23. The number of imidazole rings is 1. The molecule has 0 unspecified atom stereocenters. The number of methoxy groups -OCH3 is 2. The van der Waals surface area contributed by atoms with Gasteiger partial charge >= 0.3 is 0 Å². The van der Waals surface area contributed by atoms with Crippen molar-refractivity contribution in [1.82, 2.24) is 19.8 Å². The van der Waals surface area contributed by atoms with E-state index in [2.05, 4.69) is 10.3 Å². The SMILES string of the molecule is COc1ccc2c(c1OC)C(=O)N1c3ccccc3C(=O)N(CCC(=O)NCCn3ccnc3)[C@H]21. The molecule has 2 aliphatic rings. The number of nitrogens with zero attached hydrogens (tertiary/aromatic N) is 4. The number of ether oxygens (including phenoxy) is 2. The molecule has 2 aromatic carbocycles. The minimum absolute atomic E-state index is 0.0962. The maximum atomic E-state index is 13.7. The molecule has 3 amide bonds. The van der Waals surface area contributed by atoms with Crippen molar-refractivity contribution < 1.29 is 23.9 Å². The summed E-state index contributed by atoms with van der Waals surface area (Å²) in [5.74, 6) is 0.0635. The normalized spacial score (nSPS) is 16.0. The van der Waals surface area contributed by atoms with E-state index in [0.717, 1.165) is 0 Å². The minimum atomic E-state index is -0.682. The van der Waals surface area contributed by atoms with Crippen LogP contribution in [-0.4, -0.2) is 59.5 Å². The van der Waals surface area contributed by atoms with Gasteiger partial charge in [-0.2, -0.15) is 0 Å². The van der Waals surface area contributed by atoms with Crippen LogP contribution in [0.25, 0.3) is 0 Å². The molecule has 1 aromatic heterocycles. The molecule has 10 heteroatoms. The number of carbonyl (C=O) groups is 3. The smallest absolute Gasteiger partial charge is 0.264 e. The Balaban J connectivity index is 1.43. The average molecular weight is 476 g/mol. The van der Waals surface area contributed by atoms with Gasteiger partial charge in [0, 0.05) is 44.0 Å². The summed E-state index contributed by atoms with van der Waals surface area (Å²) in [6, 6.07) is 10.5. The molecule has 1 N–H and O–H groups in total. The number of carbonyl (C=O) groups excluding carboxylic acids is 3. The van der Waals surface area contributed by atoms with E-state index in [-0.39, 0.29) is 30.7 Å². The van der Waals surface area contributed by atoms with Gasteiger partial charge in [-0.05, 0) is 18.2 Å². The van der Waals surface area contributed by atoms with E-state index in [1.807, 2.05) is 10.8 Å². The number of aromatic nitrogens is 2. The molecule has 0 fully saturated rings. The molecule has 3 heterocycles. The molecular formula is C25H25N5O5. The summed E-state index contributed by atoms with van der Waals surface area (Å²) in [7, 11) is 2.99. The molecule has 10 nitrogen and oxygen atoms in total. The highest BCUT2D eigenvalue weighted by Gasteiger charge is 2.49. The van der Waals surface area contributed by atoms with Crippen LogP contribution in [0.1, 0.15) is 38.9 Å². The molecule has 3 aromatic rings. The van der Waals surface area contributed by atoms with Crippen LogP contribution in [0.5, 0.6) is 11.5 Å². The number of anilines is 1. The van der Waals surface area contributed by atoms with Gasteiger partial charge in [-0.25, -0.2) is 4.98 Å². The van der Waals surface area contributed by atoms with Crippen LogP contribution in [0.4, 0.5) is 5.69 Å². The van der Waals surface area contributed by atoms with Crippen molar-refractivity contribution >= 4 is 23.4 Å². The molecule has 0 saturated carbocycles. The van der Waals surface area contributed by atoms with Crippen molar-refractivity contribution in [3.63, 3.8) is 0 Å². The average Bonchev–Trinajstić information content (AvgIpc) is 3.50. The van der Waals surface area contributed by atoms with Gasteiger partial charge in [-0.1, -0.05) is 18.2 Å². The van der Waals surface area contributed by atoms with Crippen molar-refractivity contribution in [2.24, 2.45) is 0 Å². The molecule has 0 bridgehead atoms. The molecular weight excluding hydrogens is 450 g/mol. The summed E-state index contributed by atoms with van der Waals surface area (Å²) in [5.41, 5.74) is 1.94. The van der Waals surface area contributed by atoms with E-state index in [1.54, 1.807) is 58.7 Å². The lowest BCUT2D eigenvalue weighted by Gasteiger charge is -2.40. The fourth-order valence-corrected chi connectivity index (χ4v) is 4.70. The van der Waals surface area contributed by atoms with Crippen LogP contribution in [0, 0.1) is 0 Å². The Morgan fingerprint density at radius 2 is 1.89 bits per heavy atom. The number of amides is 3. The highest BCUT2D eigenvalue weighted by molar-refractivity contribution is 6.18. The molecule has 0 aliphatic carbocycles. The van der Waals surface area contributed by atoms with Crippen LogP contribution in [0.3, 0.4) is 0 Å². The number of hydrogen-bond acceptors (Lipinski definition) is 6. The van der Waals surface area contributed by atoms with Crippen molar-refractivity contribution in [3.8, 4) is 11.5 Å². The lowest BCUT2D eigenvalue weighted by atomic mass is 10.0. The Morgan fingerprint density at radius 1 is 1.06 bits per heavy atom. The fraction of sp³-hybridized carbons (Fsp3) is 0.280. The quantitative estimate of drug-likeness (QED) is 0.536. The molecule has 1 atom stereocenters. The van der Waals surface area contributed by atoms with Gasteiger partial charge < -0.3 is 24.3 Å². The largest absolute Gasteiger partial charge is 0.493 e. The summed E-state index contributed by atoms with van der Waals surface area (Å²) >= 11 is 0. The van der Waals surface area contributed by atoms with Gasteiger partial charge in [-0.3, -0.25) is 19.3 Å². The van der Waals surface area contributed by atoms with Crippen molar-refractivity contribution in [2.45, 2.75) is 19.1 Å². The Kier molecular flexibility index (Phi) is 5.86. The Morgan fingerprint density at radius 3 is 2.63 bits per heavy atom. The summed E-state index contributed by atoms with van der Waals surface area (Å²) < 4.78 is 12.8. The maximum Gasteiger partial charge on any atom is 0.264 e. The zero-order valence-electron chi connectivity index (χ0n) is 19.4. The minimum Gasteiger partial charge on any atom is -0.493 e. The van der Waals surface area contributed by atoms with Crippen LogP contribution in [-0.2, 0) is 11.3 Å². The van der Waals surface area contributed by atoms with Crippen molar-refractivity contribution in [3.05, 3.63) is 71.8 Å². The molecule has 35 heavy (non-hydrogen) atoms. The number of benzene rings is 2. The summed E-state index contributed by atoms with van der Waals surface area (Å²) in [5, 5.41) is 2.87. The van der Waals surface area contributed by atoms with Crippen LogP contribution in [0.15, 0.2) is 55.1 Å². The molecule has 5 rings (SSSR count). The second-order valence-electron chi connectivity index (χ2n) is 8.23. The zero-order chi connectivity index (χ0) is 24.5. The van der Waals surface area contributed by atoms with Crippen LogP contribution >= 0.6 is 0 Å². The van der Waals surface area contributed by atoms with Crippen molar-refractivity contribution in [1.29, 1.82) is 0 Å². The third kappa shape index (κ3) is 3.76. The monoisotopic (exact) mass is 475 g/mol. The van der Waals surface area contributed by atoms with E-state index in [4.69, 9.17) is 9.47 Å². The number of nitrogens with one attached hydrogen (secondary N) is 1. The first kappa shape index (κ1) is 22.5. The first-order chi connectivity index (χ1) is 17.0. The van der Waals surface area contributed by atoms with E-state index in [9.17, 15) is 14.4 Å². The Hall–Kier alpha value is -4.34. The molecule has 180 valence electrons. The highest BCUT2D eigenvalue weighted by Crippen LogP contribution is 2.49. The molecule has 0 radical (unpaired) electrons. The number of hydrogen-bond donors (Lipinski definition) is 1. The predicted octanol–water partition coefficient (Wildman–Crippen LogP) is 2.22. The molecule has 0 spiro atoms. The van der Waals surface area contributed by atoms with Crippen LogP contribution in [0.2, 0.25) is 0 Å². The summed E-state index contributed by atoms with van der Waals surface area (Å²) in [6.45, 7) is 1.19. The van der Waals surface area contributed by atoms with Gasteiger partial charge in [0.15, 0.2) is 11.5 Å². The standard InChI is InChI=1S/C25H25N5O5/c1-34-19-8-7-17-21(22(19)35-2)25(33)30-18-6-4-3-5-16(18)24(32)29(23(17)30)12-9-20(31)27-11-14-28-13-10-26-15-28/h3-8,10,13,15,23H,9,11-12,14H2,1-2H3,(H,27,31)/t23-/m0/s1. The lowest BCUT2D eigenvalue weighted by molar-refractivity contribution is -0.121. The first-order valence-corrected chi connectivity index (χ1v) is 11.3. The molecule has 0 saturated heterocycles. The van der Waals surface area contributed by atoms with Gasteiger partial charge in [0.2, 0.25) is 5.91 Å². The number of rotatable bonds is 8.